The third-order valence-electron chi connectivity index (χ3n) is 10.00. The van der Waals surface area contributed by atoms with Crippen molar-refractivity contribution in [2.45, 2.75) is 0 Å². The van der Waals surface area contributed by atoms with Gasteiger partial charge in [-0.05, 0) is 65.4 Å². The summed E-state index contributed by atoms with van der Waals surface area (Å²) in [4.78, 5) is 10.6. The average molecular weight is 610 g/mol. The predicted octanol–water partition coefficient (Wildman–Crippen LogP) is 10.6. The first kappa shape index (κ1) is 25.4. The Morgan fingerprint density at radius 3 is 2.04 bits per heavy atom. The van der Waals surface area contributed by atoms with Crippen molar-refractivity contribution in [3.8, 4) is 23.1 Å². The minimum absolute atomic E-state index is 0.585. The number of fused-ring (bicyclic) bond motifs is 12. The number of nitriles is 1. The first-order valence-corrected chi connectivity index (χ1v) is 16.1. The predicted molar refractivity (Wildman–Crippen MR) is 196 cm³/mol. The maximum Gasteiger partial charge on any atom is 0.165 e. The van der Waals surface area contributed by atoms with Crippen LogP contribution in [0.1, 0.15) is 5.56 Å². The SMILES string of the molecule is N#Cc1cccc(-c2nc3ccccc3nc2-n2c3ccccc3c3c4c5cc6ccccc6cc5n5c6ccccc6c(cc32)c45)c1. The highest BCUT2D eigenvalue weighted by Gasteiger charge is 2.26. The maximum atomic E-state index is 9.80. The van der Waals surface area contributed by atoms with Crippen molar-refractivity contribution < 1.29 is 0 Å². The number of nitrogens with zero attached hydrogens (tertiary/aromatic N) is 5. The molecule has 0 saturated carbocycles. The second kappa shape index (κ2) is 9.16. The summed E-state index contributed by atoms with van der Waals surface area (Å²) in [5, 5.41) is 19.5. The van der Waals surface area contributed by atoms with Gasteiger partial charge in [-0.1, -0.05) is 84.9 Å². The second-order valence-electron chi connectivity index (χ2n) is 12.5. The largest absolute Gasteiger partial charge is 0.308 e. The minimum atomic E-state index is 0.585. The van der Waals surface area contributed by atoms with Gasteiger partial charge in [-0.2, -0.15) is 5.26 Å². The van der Waals surface area contributed by atoms with Gasteiger partial charge in [0.25, 0.3) is 0 Å². The number of para-hydroxylation sites is 4. The van der Waals surface area contributed by atoms with Crippen LogP contribution in [0.4, 0.5) is 0 Å². The lowest BCUT2D eigenvalue weighted by atomic mass is 10.0. The smallest absolute Gasteiger partial charge is 0.165 e. The molecular weight excluding hydrogens is 587 g/mol. The average Bonchev–Trinajstić information content (AvgIpc) is 3.77. The fraction of sp³-hybridized carbons (Fsp3) is 0. The summed E-state index contributed by atoms with van der Waals surface area (Å²) < 4.78 is 4.75. The van der Waals surface area contributed by atoms with Gasteiger partial charge in [-0.25, -0.2) is 9.97 Å². The zero-order valence-electron chi connectivity index (χ0n) is 25.5. The molecule has 11 rings (SSSR count). The summed E-state index contributed by atoms with van der Waals surface area (Å²) >= 11 is 0. The second-order valence-corrected chi connectivity index (χ2v) is 12.5. The van der Waals surface area contributed by atoms with Gasteiger partial charge in [0.1, 0.15) is 5.69 Å². The minimum Gasteiger partial charge on any atom is -0.308 e. The number of benzene rings is 7. The molecule has 48 heavy (non-hydrogen) atoms. The fourth-order valence-corrected chi connectivity index (χ4v) is 8.00. The Balaban J connectivity index is 1.40. The van der Waals surface area contributed by atoms with Crippen molar-refractivity contribution in [1.29, 1.82) is 5.26 Å². The topological polar surface area (TPSA) is 58.9 Å². The molecule has 0 radical (unpaired) electrons. The van der Waals surface area contributed by atoms with Gasteiger partial charge in [0.05, 0.1) is 50.2 Å². The van der Waals surface area contributed by atoms with E-state index in [4.69, 9.17) is 9.97 Å². The summed E-state index contributed by atoms with van der Waals surface area (Å²) in [6.45, 7) is 0. The Hall–Kier alpha value is -6.77. The van der Waals surface area contributed by atoms with Crippen LogP contribution >= 0.6 is 0 Å². The van der Waals surface area contributed by atoms with Crippen molar-refractivity contribution >= 4 is 81.7 Å². The Kier molecular flexibility index (Phi) is 4.85. The molecule has 0 bridgehead atoms. The molecule has 0 fully saturated rings. The van der Waals surface area contributed by atoms with E-state index in [0.717, 1.165) is 44.5 Å². The molecule has 220 valence electrons. The normalized spacial score (nSPS) is 12.1. The molecule has 11 aromatic rings. The van der Waals surface area contributed by atoms with Gasteiger partial charge < -0.3 is 4.40 Å². The Bertz CT molecular complexity index is 3190. The number of hydrogen-bond donors (Lipinski definition) is 0. The summed E-state index contributed by atoms with van der Waals surface area (Å²) in [5.41, 5.74) is 9.58. The molecule has 0 N–H and O–H groups in total. The van der Waals surface area contributed by atoms with Crippen molar-refractivity contribution in [2.75, 3.05) is 0 Å². The third-order valence-corrected chi connectivity index (χ3v) is 10.00. The molecule has 0 aliphatic rings. The van der Waals surface area contributed by atoms with Crippen molar-refractivity contribution in [3.05, 3.63) is 145 Å². The molecule has 5 nitrogen and oxygen atoms in total. The van der Waals surface area contributed by atoms with Crippen LogP contribution in [0.15, 0.2) is 140 Å². The van der Waals surface area contributed by atoms with Crippen LogP contribution in [-0.4, -0.2) is 18.9 Å². The third kappa shape index (κ3) is 3.23. The molecule has 5 heteroatoms. The summed E-state index contributed by atoms with van der Waals surface area (Å²) in [6.07, 6.45) is 0. The van der Waals surface area contributed by atoms with Crippen LogP contribution < -0.4 is 0 Å². The Morgan fingerprint density at radius 1 is 0.500 bits per heavy atom. The monoisotopic (exact) mass is 609 g/mol. The lowest BCUT2D eigenvalue weighted by molar-refractivity contribution is 1.08. The van der Waals surface area contributed by atoms with Crippen molar-refractivity contribution in [2.24, 2.45) is 0 Å². The van der Waals surface area contributed by atoms with E-state index in [9.17, 15) is 5.26 Å². The fourth-order valence-electron chi connectivity index (χ4n) is 8.00. The maximum absolute atomic E-state index is 9.80. The van der Waals surface area contributed by atoms with Crippen molar-refractivity contribution in [3.63, 3.8) is 0 Å². The van der Waals surface area contributed by atoms with E-state index >= 15 is 0 Å². The van der Waals surface area contributed by atoms with E-state index in [1.165, 1.54) is 54.3 Å². The van der Waals surface area contributed by atoms with Crippen LogP contribution in [0.3, 0.4) is 0 Å². The number of rotatable bonds is 2. The highest BCUT2D eigenvalue weighted by molar-refractivity contribution is 6.36. The van der Waals surface area contributed by atoms with Crippen LogP contribution in [0, 0.1) is 11.3 Å². The zero-order chi connectivity index (χ0) is 31.5. The lowest BCUT2D eigenvalue weighted by Gasteiger charge is -2.14. The molecule has 0 atom stereocenters. The molecule has 4 heterocycles. The molecule has 0 unspecified atom stereocenters. The van der Waals surface area contributed by atoms with Gasteiger partial charge in [0.2, 0.25) is 0 Å². The van der Waals surface area contributed by atoms with E-state index in [2.05, 4.69) is 106 Å². The number of hydrogen-bond acceptors (Lipinski definition) is 3. The molecule has 7 aromatic carbocycles. The molecule has 0 amide bonds. The Morgan fingerprint density at radius 2 is 1.21 bits per heavy atom. The first-order chi connectivity index (χ1) is 23.8. The summed E-state index contributed by atoms with van der Waals surface area (Å²) in [7, 11) is 0. The van der Waals surface area contributed by atoms with Gasteiger partial charge >= 0.3 is 0 Å². The number of aromatic nitrogens is 4. The zero-order valence-corrected chi connectivity index (χ0v) is 25.5. The lowest BCUT2D eigenvalue weighted by Crippen LogP contribution is -2.03. The van der Waals surface area contributed by atoms with Gasteiger partial charge in [-0.3, -0.25) is 4.57 Å². The molecule has 0 saturated heterocycles. The molecule has 0 aliphatic carbocycles. The van der Waals surface area contributed by atoms with Crippen molar-refractivity contribution in [1.82, 2.24) is 18.9 Å². The Labute approximate surface area is 273 Å². The highest BCUT2D eigenvalue weighted by atomic mass is 15.1. The first-order valence-electron chi connectivity index (χ1n) is 16.1. The summed E-state index contributed by atoms with van der Waals surface area (Å²) in [6, 6.07) is 51.0. The van der Waals surface area contributed by atoms with Gasteiger partial charge in [-0.15, -0.1) is 0 Å². The standard InChI is InChI=1S/C43H23N5/c44-24-25-10-9-13-28(20-25)41-43(46-34-17-6-5-16-33(34)45-41)48-36-19-8-4-15-30(36)39-38(48)23-31-29-14-3-7-18-35(29)47-37-22-27-12-2-1-11-26(27)21-32(37)40(39)42(31)47/h1-23H. The van der Waals surface area contributed by atoms with E-state index < -0.39 is 0 Å². The molecular formula is C43H23N5. The quantitative estimate of drug-likeness (QED) is 0.196. The van der Waals surface area contributed by atoms with E-state index in [-0.39, 0.29) is 0 Å². The van der Waals surface area contributed by atoms with Crippen LogP contribution in [0.25, 0.3) is 98.8 Å². The van der Waals surface area contributed by atoms with Crippen LogP contribution in [0.5, 0.6) is 0 Å². The summed E-state index contributed by atoms with van der Waals surface area (Å²) in [5.74, 6) is 0.738. The van der Waals surface area contributed by atoms with Crippen LogP contribution in [-0.2, 0) is 0 Å². The van der Waals surface area contributed by atoms with Gasteiger partial charge in [0, 0.05) is 37.9 Å². The molecule has 0 aliphatic heterocycles. The highest BCUT2D eigenvalue weighted by Crippen LogP contribution is 2.47. The molecule has 0 spiro atoms. The van der Waals surface area contributed by atoms with Crippen LogP contribution in [0.2, 0.25) is 0 Å². The van der Waals surface area contributed by atoms with E-state index in [0.29, 0.717) is 5.56 Å². The van der Waals surface area contributed by atoms with Gasteiger partial charge in [0.15, 0.2) is 5.82 Å². The van der Waals surface area contributed by atoms with E-state index in [1.54, 1.807) is 0 Å². The molecule has 4 aromatic heterocycles. The van der Waals surface area contributed by atoms with E-state index in [1.807, 2.05) is 48.5 Å².